The number of nitro groups is 2. The summed E-state index contributed by atoms with van der Waals surface area (Å²) in [5.41, 5.74) is -0.438. The summed E-state index contributed by atoms with van der Waals surface area (Å²) in [5, 5.41) is 24.8. The molecule has 1 saturated heterocycles. The molecule has 22 heavy (non-hydrogen) atoms. The number of amides is 1. The van der Waals surface area contributed by atoms with E-state index in [0.717, 1.165) is 6.07 Å². The van der Waals surface area contributed by atoms with Crippen molar-refractivity contribution in [3.05, 3.63) is 38.4 Å². The van der Waals surface area contributed by atoms with Gasteiger partial charge in [-0.25, -0.2) is 0 Å². The number of carbonyl (C=O) groups excluding carboxylic acids is 1. The third kappa shape index (κ3) is 3.30. The number of likely N-dealkylation sites (tertiary alicyclic amines) is 1. The normalized spacial score (nSPS) is 17.3. The summed E-state index contributed by atoms with van der Waals surface area (Å²) in [4.78, 5) is 33.8. The van der Waals surface area contributed by atoms with Crippen molar-refractivity contribution in [1.82, 2.24) is 4.90 Å². The number of nitrogens with zero attached hydrogens (tertiary/aromatic N) is 3. The average molecular weight is 308 g/mol. The molecule has 1 N–H and O–H groups in total. The molecule has 0 aliphatic carbocycles. The molecule has 1 aromatic rings. The Balaban J connectivity index is 2.15. The topological polar surface area (TPSA) is 119 Å². The second-order valence-electron chi connectivity index (χ2n) is 5.04. The van der Waals surface area contributed by atoms with Gasteiger partial charge in [0.25, 0.3) is 11.4 Å². The largest absolute Gasteiger partial charge is 0.375 e. The van der Waals surface area contributed by atoms with E-state index in [1.54, 1.807) is 11.8 Å². The molecule has 0 saturated carbocycles. The molecule has 9 heteroatoms. The monoisotopic (exact) mass is 308 g/mol. The molecular formula is C13H16N4O5. The Labute approximate surface area is 126 Å². The third-order valence-electron chi connectivity index (χ3n) is 3.59. The van der Waals surface area contributed by atoms with Crippen LogP contribution < -0.4 is 5.32 Å². The molecule has 2 rings (SSSR count). The molecule has 1 aliphatic heterocycles. The summed E-state index contributed by atoms with van der Waals surface area (Å²) in [5.74, 6) is 0.0440. The van der Waals surface area contributed by atoms with Crippen LogP contribution in [0.4, 0.5) is 17.1 Å². The molecule has 118 valence electrons. The Hall–Kier alpha value is -2.71. The highest BCUT2D eigenvalue weighted by atomic mass is 16.6. The highest BCUT2D eigenvalue weighted by molar-refractivity contribution is 5.76. The van der Waals surface area contributed by atoms with Gasteiger partial charge in [0.2, 0.25) is 5.91 Å². The van der Waals surface area contributed by atoms with E-state index < -0.39 is 9.85 Å². The van der Waals surface area contributed by atoms with Crippen LogP contribution in [0.25, 0.3) is 0 Å². The number of nitro benzene ring substituents is 2. The van der Waals surface area contributed by atoms with Gasteiger partial charge in [0.15, 0.2) is 0 Å². The number of anilines is 1. The van der Waals surface area contributed by atoms with Gasteiger partial charge in [-0.1, -0.05) is 6.92 Å². The molecule has 1 atom stereocenters. The molecule has 9 nitrogen and oxygen atoms in total. The van der Waals surface area contributed by atoms with Crippen LogP contribution in [-0.2, 0) is 4.79 Å². The maximum absolute atomic E-state index is 11.6. The van der Waals surface area contributed by atoms with Crippen LogP contribution in [0.1, 0.15) is 19.8 Å². The van der Waals surface area contributed by atoms with Crippen molar-refractivity contribution < 1.29 is 14.6 Å². The molecular weight excluding hydrogens is 292 g/mol. The van der Waals surface area contributed by atoms with Crippen LogP contribution in [0.5, 0.6) is 0 Å². The molecule has 1 amide bonds. The quantitative estimate of drug-likeness (QED) is 0.655. The van der Waals surface area contributed by atoms with Crippen LogP contribution in [0.3, 0.4) is 0 Å². The first-order valence-corrected chi connectivity index (χ1v) is 6.89. The maximum atomic E-state index is 11.6. The van der Waals surface area contributed by atoms with Crippen molar-refractivity contribution in [3.8, 4) is 0 Å². The minimum atomic E-state index is -0.673. The Morgan fingerprint density at radius 1 is 1.36 bits per heavy atom. The molecule has 1 heterocycles. The first-order chi connectivity index (χ1) is 10.4. The van der Waals surface area contributed by atoms with Crippen molar-refractivity contribution in [2.24, 2.45) is 0 Å². The predicted molar refractivity (Wildman–Crippen MR) is 78.6 cm³/mol. The summed E-state index contributed by atoms with van der Waals surface area (Å²) in [6.45, 7) is 2.86. The summed E-state index contributed by atoms with van der Waals surface area (Å²) in [6, 6.07) is 3.39. The fourth-order valence-electron chi connectivity index (χ4n) is 2.45. The number of nitrogens with one attached hydrogen (secondary N) is 1. The zero-order chi connectivity index (χ0) is 16.3. The zero-order valence-electron chi connectivity index (χ0n) is 12.0. The molecule has 1 unspecified atom stereocenters. The molecule has 0 radical (unpaired) electrons. The van der Waals surface area contributed by atoms with Gasteiger partial charge in [-0.15, -0.1) is 0 Å². The van der Waals surface area contributed by atoms with Crippen LogP contribution in [0, 0.1) is 20.2 Å². The molecule has 0 bridgehead atoms. The third-order valence-corrected chi connectivity index (χ3v) is 3.59. The van der Waals surface area contributed by atoms with Crippen LogP contribution in [-0.4, -0.2) is 39.8 Å². The van der Waals surface area contributed by atoms with Gasteiger partial charge in [0, 0.05) is 31.6 Å². The van der Waals surface area contributed by atoms with E-state index in [0.29, 0.717) is 25.9 Å². The number of carbonyl (C=O) groups is 1. The summed E-state index contributed by atoms with van der Waals surface area (Å²) in [6.07, 6.45) is 1.10. The Kier molecular flexibility index (Phi) is 4.54. The number of rotatable bonds is 5. The molecule has 1 aliphatic rings. The molecule has 0 aromatic heterocycles. The van der Waals surface area contributed by atoms with E-state index >= 15 is 0 Å². The minimum Gasteiger partial charge on any atom is -0.375 e. The van der Waals surface area contributed by atoms with Gasteiger partial charge >= 0.3 is 0 Å². The van der Waals surface area contributed by atoms with E-state index in [1.807, 2.05) is 0 Å². The molecule has 1 aromatic carbocycles. The first-order valence-electron chi connectivity index (χ1n) is 6.89. The van der Waals surface area contributed by atoms with E-state index in [2.05, 4.69) is 5.32 Å². The maximum Gasteiger partial charge on any atom is 0.299 e. The second kappa shape index (κ2) is 6.37. The standard InChI is InChI=1S/C13H16N4O5/c1-2-13(18)15-6-5-9(8-15)14-11-4-3-10(16(19)20)7-12(11)17(21)22/h3-4,7,9,14H,2,5-6,8H2,1H3. The highest BCUT2D eigenvalue weighted by Gasteiger charge is 2.27. The van der Waals surface area contributed by atoms with Crippen molar-refractivity contribution in [1.29, 1.82) is 0 Å². The SMILES string of the molecule is CCC(=O)N1CCC(Nc2ccc([N+](=O)[O-])cc2[N+](=O)[O-])C1. The summed E-state index contributed by atoms with van der Waals surface area (Å²) >= 11 is 0. The van der Waals surface area contributed by atoms with Crippen LogP contribution in [0.2, 0.25) is 0 Å². The fraction of sp³-hybridized carbons (Fsp3) is 0.462. The molecule has 1 fully saturated rings. The lowest BCUT2D eigenvalue weighted by molar-refractivity contribution is -0.393. The van der Waals surface area contributed by atoms with Gasteiger partial charge < -0.3 is 10.2 Å². The van der Waals surface area contributed by atoms with Gasteiger partial charge in [0.05, 0.1) is 15.9 Å². The van der Waals surface area contributed by atoms with E-state index in [-0.39, 0.29) is 29.0 Å². The fourth-order valence-corrected chi connectivity index (χ4v) is 2.45. The van der Waals surface area contributed by atoms with E-state index in [9.17, 15) is 25.0 Å². The lowest BCUT2D eigenvalue weighted by Crippen LogP contribution is -2.31. The highest BCUT2D eigenvalue weighted by Crippen LogP contribution is 2.30. The minimum absolute atomic E-state index is 0.0440. The Morgan fingerprint density at radius 3 is 2.68 bits per heavy atom. The number of hydrogen-bond donors (Lipinski definition) is 1. The van der Waals surface area contributed by atoms with Crippen LogP contribution in [0.15, 0.2) is 18.2 Å². The summed E-state index contributed by atoms with van der Waals surface area (Å²) in [7, 11) is 0. The van der Waals surface area contributed by atoms with Crippen molar-refractivity contribution in [2.45, 2.75) is 25.8 Å². The number of non-ortho nitro benzene ring substituents is 1. The zero-order valence-corrected chi connectivity index (χ0v) is 12.0. The number of benzene rings is 1. The van der Waals surface area contributed by atoms with Crippen LogP contribution >= 0.6 is 0 Å². The first kappa shape index (κ1) is 15.7. The Bertz CT molecular complexity index is 618. The Morgan fingerprint density at radius 2 is 2.09 bits per heavy atom. The van der Waals surface area contributed by atoms with Gasteiger partial charge in [0.1, 0.15) is 5.69 Å². The van der Waals surface area contributed by atoms with Crippen molar-refractivity contribution >= 4 is 23.0 Å². The van der Waals surface area contributed by atoms with Gasteiger partial charge in [-0.05, 0) is 12.5 Å². The number of hydrogen-bond acceptors (Lipinski definition) is 6. The van der Waals surface area contributed by atoms with Gasteiger partial charge in [-0.3, -0.25) is 25.0 Å². The lowest BCUT2D eigenvalue weighted by Gasteiger charge is -2.17. The average Bonchev–Trinajstić information content (AvgIpc) is 2.94. The lowest BCUT2D eigenvalue weighted by atomic mass is 10.2. The van der Waals surface area contributed by atoms with Crippen molar-refractivity contribution in [3.63, 3.8) is 0 Å². The van der Waals surface area contributed by atoms with E-state index in [4.69, 9.17) is 0 Å². The second-order valence-corrected chi connectivity index (χ2v) is 5.04. The molecule has 0 spiro atoms. The van der Waals surface area contributed by atoms with Gasteiger partial charge in [-0.2, -0.15) is 0 Å². The smallest absolute Gasteiger partial charge is 0.299 e. The van der Waals surface area contributed by atoms with Crippen molar-refractivity contribution in [2.75, 3.05) is 18.4 Å². The van der Waals surface area contributed by atoms with E-state index in [1.165, 1.54) is 12.1 Å². The predicted octanol–water partition coefficient (Wildman–Crippen LogP) is 1.93. The summed E-state index contributed by atoms with van der Waals surface area (Å²) < 4.78 is 0.